The highest BCUT2D eigenvalue weighted by Gasteiger charge is 2.12. The first-order valence-electron chi connectivity index (χ1n) is 5.52. The number of hydrogen-bond donors (Lipinski definition) is 0. The molecule has 1 aromatic carbocycles. The molecule has 0 saturated carbocycles. The monoisotopic (exact) mass is 327 g/mol. The summed E-state index contributed by atoms with van der Waals surface area (Å²) in [5.74, 6) is -0.532. The van der Waals surface area contributed by atoms with E-state index in [0.29, 0.717) is 10.7 Å². The molecule has 0 unspecified atom stereocenters. The Bertz CT molecular complexity index is 634. The largest absolute Gasteiger partial charge is 0.420 e. The highest BCUT2D eigenvalue weighted by atomic mass is 35.5. The van der Waals surface area contributed by atoms with Gasteiger partial charge in [0.15, 0.2) is 5.75 Å². The first-order chi connectivity index (χ1) is 9.56. The van der Waals surface area contributed by atoms with Gasteiger partial charge in [0.1, 0.15) is 0 Å². The smallest absolute Gasteiger partial charge is 0.336 e. The number of hydrogen-bond acceptors (Lipinski definition) is 3. The lowest BCUT2D eigenvalue weighted by Crippen LogP contribution is -2.04. The van der Waals surface area contributed by atoms with Gasteiger partial charge in [0.2, 0.25) is 0 Å². The molecule has 0 spiro atoms. The van der Waals surface area contributed by atoms with Crippen molar-refractivity contribution in [3.8, 4) is 5.75 Å². The second kappa shape index (κ2) is 6.75. The number of aromatic nitrogens is 1. The highest BCUT2D eigenvalue weighted by Crippen LogP contribution is 2.35. The predicted octanol–water partition coefficient (Wildman–Crippen LogP) is 4.66. The Kier molecular flexibility index (Phi) is 5.01. The van der Waals surface area contributed by atoms with E-state index in [-0.39, 0.29) is 15.8 Å². The molecule has 0 atom stereocenters. The zero-order valence-corrected chi connectivity index (χ0v) is 12.3. The number of pyridine rings is 1. The molecule has 1 heterocycles. The van der Waals surface area contributed by atoms with Gasteiger partial charge < -0.3 is 4.74 Å². The molecule has 0 fully saturated rings. The maximum atomic E-state index is 11.7. The number of rotatable bonds is 3. The Morgan fingerprint density at radius 2 is 1.85 bits per heavy atom. The summed E-state index contributed by atoms with van der Waals surface area (Å²) >= 11 is 17.6. The summed E-state index contributed by atoms with van der Waals surface area (Å²) in [6, 6.07) is 8.24. The van der Waals surface area contributed by atoms with Crippen LogP contribution in [0, 0.1) is 0 Å². The number of nitrogens with zero attached hydrogens (tertiary/aromatic N) is 1. The summed E-state index contributed by atoms with van der Waals surface area (Å²) in [4.78, 5) is 15.7. The maximum absolute atomic E-state index is 11.7. The number of halogens is 3. The summed E-state index contributed by atoms with van der Waals surface area (Å²) in [6.07, 6.45) is 4.39. The van der Waals surface area contributed by atoms with Crippen molar-refractivity contribution < 1.29 is 9.53 Å². The number of esters is 1. The Hall–Kier alpha value is -1.55. The molecule has 0 saturated heterocycles. The summed E-state index contributed by atoms with van der Waals surface area (Å²) in [7, 11) is 0. The third kappa shape index (κ3) is 3.97. The number of carbonyl (C=O) groups is 1. The minimum Gasteiger partial charge on any atom is -0.420 e. The third-order valence-electron chi connectivity index (χ3n) is 2.24. The van der Waals surface area contributed by atoms with Gasteiger partial charge in [-0.1, -0.05) is 40.9 Å². The minimum atomic E-state index is -0.609. The van der Waals surface area contributed by atoms with Gasteiger partial charge in [-0.3, -0.25) is 4.98 Å². The van der Waals surface area contributed by atoms with E-state index in [4.69, 9.17) is 39.5 Å². The van der Waals surface area contributed by atoms with E-state index in [9.17, 15) is 4.79 Å². The molecule has 3 nitrogen and oxygen atoms in total. The van der Waals surface area contributed by atoms with Gasteiger partial charge in [-0.15, -0.1) is 0 Å². The fourth-order valence-electron chi connectivity index (χ4n) is 1.39. The van der Waals surface area contributed by atoms with Crippen molar-refractivity contribution in [2.45, 2.75) is 0 Å². The molecule has 2 rings (SSSR count). The molecule has 0 radical (unpaired) electrons. The molecular weight excluding hydrogens is 321 g/mol. The molecule has 1 aromatic heterocycles. The Morgan fingerprint density at radius 1 is 1.15 bits per heavy atom. The van der Waals surface area contributed by atoms with Gasteiger partial charge in [-0.25, -0.2) is 4.79 Å². The number of ether oxygens (including phenoxy) is 1. The summed E-state index contributed by atoms with van der Waals surface area (Å²) in [5, 5.41) is 0.702. The molecule has 0 bridgehead atoms. The first-order valence-corrected chi connectivity index (χ1v) is 6.65. The molecule has 0 N–H and O–H groups in total. The first kappa shape index (κ1) is 14.9. The van der Waals surface area contributed by atoms with Crippen LogP contribution in [0.1, 0.15) is 5.69 Å². The zero-order chi connectivity index (χ0) is 14.5. The predicted molar refractivity (Wildman–Crippen MR) is 80.4 cm³/mol. The molecule has 2 aromatic rings. The number of benzene rings is 1. The van der Waals surface area contributed by atoms with E-state index in [1.54, 1.807) is 18.3 Å². The second-order valence-corrected chi connectivity index (χ2v) is 4.96. The van der Waals surface area contributed by atoms with Crippen LogP contribution in [0.15, 0.2) is 42.6 Å². The molecule has 102 valence electrons. The van der Waals surface area contributed by atoms with Crippen LogP contribution < -0.4 is 4.74 Å². The standard InChI is InChI=1S/C14H8Cl3NO2/c15-9-7-11(16)14(12(17)8-9)20-13(19)5-4-10-3-1-2-6-18-10/h1-8H/b5-4+. The summed E-state index contributed by atoms with van der Waals surface area (Å²) in [6.45, 7) is 0. The van der Waals surface area contributed by atoms with Crippen molar-refractivity contribution in [3.63, 3.8) is 0 Å². The lowest BCUT2D eigenvalue weighted by Gasteiger charge is -2.06. The second-order valence-electron chi connectivity index (χ2n) is 3.71. The Morgan fingerprint density at radius 3 is 2.45 bits per heavy atom. The van der Waals surface area contributed by atoms with Crippen LogP contribution in [-0.4, -0.2) is 11.0 Å². The van der Waals surface area contributed by atoms with Crippen molar-refractivity contribution in [3.05, 3.63) is 63.4 Å². The molecule has 6 heteroatoms. The van der Waals surface area contributed by atoms with Gasteiger partial charge in [-0.2, -0.15) is 0 Å². The van der Waals surface area contributed by atoms with Crippen molar-refractivity contribution >= 4 is 46.8 Å². The lowest BCUT2D eigenvalue weighted by molar-refractivity contribution is -0.128. The van der Waals surface area contributed by atoms with Crippen molar-refractivity contribution in [1.29, 1.82) is 0 Å². The van der Waals surface area contributed by atoms with Crippen molar-refractivity contribution in [2.75, 3.05) is 0 Å². The van der Waals surface area contributed by atoms with Crippen LogP contribution in [0.25, 0.3) is 6.08 Å². The zero-order valence-electron chi connectivity index (χ0n) is 10.0. The average Bonchev–Trinajstić information content (AvgIpc) is 2.42. The minimum absolute atomic E-state index is 0.0772. The third-order valence-corrected chi connectivity index (χ3v) is 3.02. The van der Waals surface area contributed by atoms with E-state index in [0.717, 1.165) is 0 Å². The SMILES string of the molecule is O=C(/C=C/c1ccccn1)Oc1c(Cl)cc(Cl)cc1Cl. The van der Waals surface area contributed by atoms with Crippen molar-refractivity contribution in [2.24, 2.45) is 0 Å². The maximum Gasteiger partial charge on any atom is 0.336 e. The summed E-state index contributed by atoms with van der Waals surface area (Å²) < 4.78 is 5.08. The van der Waals surface area contributed by atoms with Gasteiger partial charge in [-0.05, 0) is 30.3 Å². The van der Waals surface area contributed by atoms with Gasteiger partial charge >= 0.3 is 5.97 Å². The van der Waals surface area contributed by atoms with E-state index in [1.807, 2.05) is 6.07 Å². The topological polar surface area (TPSA) is 39.2 Å². The van der Waals surface area contributed by atoms with Crippen LogP contribution in [0.3, 0.4) is 0 Å². The fraction of sp³-hybridized carbons (Fsp3) is 0. The lowest BCUT2D eigenvalue weighted by atomic mass is 10.3. The van der Waals surface area contributed by atoms with Gasteiger partial charge in [0, 0.05) is 17.3 Å². The van der Waals surface area contributed by atoms with Crippen LogP contribution >= 0.6 is 34.8 Å². The van der Waals surface area contributed by atoms with E-state index >= 15 is 0 Å². The number of carbonyl (C=O) groups excluding carboxylic acids is 1. The van der Waals surface area contributed by atoms with Crippen molar-refractivity contribution in [1.82, 2.24) is 4.98 Å². The molecule has 20 heavy (non-hydrogen) atoms. The average molecular weight is 329 g/mol. The molecule has 0 amide bonds. The Labute approximate surface area is 130 Å². The van der Waals surface area contributed by atoms with Crippen LogP contribution in [0.2, 0.25) is 15.1 Å². The van der Waals surface area contributed by atoms with E-state index in [2.05, 4.69) is 4.98 Å². The molecule has 0 aliphatic heterocycles. The normalized spacial score (nSPS) is 10.8. The Balaban J connectivity index is 2.11. The molecule has 0 aliphatic carbocycles. The van der Waals surface area contributed by atoms with E-state index < -0.39 is 5.97 Å². The highest BCUT2D eigenvalue weighted by molar-refractivity contribution is 6.40. The fourth-order valence-corrected chi connectivity index (χ4v) is 2.28. The van der Waals surface area contributed by atoms with Gasteiger partial charge in [0.05, 0.1) is 15.7 Å². The van der Waals surface area contributed by atoms with Crippen LogP contribution in [0.5, 0.6) is 5.75 Å². The van der Waals surface area contributed by atoms with Crippen LogP contribution in [0.4, 0.5) is 0 Å². The molecule has 0 aliphatic rings. The van der Waals surface area contributed by atoms with Crippen LogP contribution in [-0.2, 0) is 4.79 Å². The molecular formula is C14H8Cl3NO2. The van der Waals surface area contributed by atoms with Gasteiger partial charge in [0.25, 0.3) is 0 Å². The summed E-state index contributed by atoms with van der Waals surface area (Å²) in [5.41, 5.74) is 0.637. The quantitative estimate of drug-likeness (QED) is 0.467. The van der Waals surface area contributed by atoms with E-state index in [1.165, 1.54) is 24.3 Å².